The molecule has 0 amide bonds. The Morgan fingerprint density at radius 2 is 2.19 bits per heavy atom. The highest BCUT2D eigenvalue weighted by Crippen LogP contribution is 2.24. The normalized spacial score (nSPS) is 12.7. The maximum atomic E-state index is 10.1. The molecule has 0 fully saturated rings. The van der Waals surface area contributed by atoms with Crippen LogP contribution in [0.4, 0.5) is 0 Å². The fraction of sp³-hybridized carbons (Fsp3) is 0.308. The molecule has 0 saturated heterocycles. The smallest absolute Gasteiger partial charge is 0.0940 e. The van der Waals surface area contributed by atoms with E-state index in [0.717, 1.165) is 10.6 Å². The number of thiazole rings is 1. The van der Waals surface area contributed by atoms with Gasteiger partial charge >= 0.3 is 0 Å². The van der Waals surface area contributed by atoms with Crippen molar-refractivity contribution in [3.8, 4) is 0 Å². The first kappa shape index (κ1) is 11.3. The number of aromatic nitrogens is 1. The minimum atomic E-state index is -0.436. The van der Waals surface area contributed by atoms with Crippen molar-refractivity contribution in [3.05, 3.63) is 51.5 Å². The quantitative estimate of drug-likeness (QED) is 0.884. The molecule has 1 atom stereocenters. The second-order valence-electron chi connectivity index (χ2n) is 4.01. The summed E-state index contributed by atoms with van der Waals surface area (Å²) in [4.78, 5) is 5.13. The largest absolute Gasteiger partial charge is 0.387 e. The average molecular weight is 233 g/mol. The topological polar surface area (TPSA) is 33.1 Å². The first-order valence-corrected chi connectivity index (χ1v) is 6.18. The number of aliphatic hydroxyl groups is 1. The molecule has 2 aromatic rings. The van der Waals surface area contributed by atoms with Gasteiger partial charge in [0.2, 0.25) is 0 Å². The van der Waals surface area contributed by atoms with Gasteiger partial charge in [0.25, 0.3) is 0 Å². The third-order valence-corrected chi connectivity index (χ3v) is 3.63. The maximum absolute atomic E-state index is 10.1. The predicted octanol–water partition coefficient (Wildman–Crippen LogP) is 3.04. The van der Waals surface area contributed by atoms with E-state index in [4.69, 9.17) is 0 Å². The molecule has 1 unspecified atom stereocenters. The molecule has 0 aliphatic rings. The molecule has 1 aromatic heterocycles. The van der Waals surface area contributed by atoms with E-state index in [9.17, 15) is 5.11 Å². The van der Waals surface area contributed by atoms with E-state index in [1.54, 1.807) is 5.51 Å². The zero-order valence-electron chi connectivity index (χ0n) is 9.47. The highest BCUT2D eigenvalue weighted by atomic mass is 32.1. The van der Waals surface area contributed by atoms with Crippen molar-refractivity contribution in [2.75, 3.05) is 0 Å². The first-order chi connectivity index (χ1) is 7.66. The fourth-order valence-corrected chi connectivity index (χ4v) is 2.57. The second kappa shape index (κ2) is 4.76. The van der Waals surface area contributed by atoms with Gasteiger partial charge in [-0.25, -0.2) is 4.98 Å². The van der Waals surface area contributed by atoms with Gasteiger partial charge in [-0.1, -0.05) is 29.8 Å². The minimum absolute atomic E-state index is 0.436. The van der Waals surface area contributed by atoms with Gasteiger partial charge in [0.1, 0.15) is 0 Å². The summed E-state index contributed by atoms with van der Waals surface area (Å²) in [5.74, 6) is 0. The molecule has 3 heteroatoms. The standard InChI is InChI=1S/C13H15NOS/c1-9-4-3-5-11(6-9)7-12(15)13-10(2)14-8-16-13/h3-6,8,12,15H,7H2,1-2H3. The van der Waals surface area contributed by atoms with Gasteiger partial charge in [0.05, 0.1) is 22.2 Å². The lowest BCUT2D eigenvalue weighted by molar-refractivity contribution is 0.181. The zero-order chi connectivity index (χ0) is 11.5. The average Bonchev–Trinajstić information content (AvgIpc) is 2.64. The van der Waals surface area contributed by atoms with Gasteiger partial charge in [0.15, 0.2) is 0 Å². The summed E-state index contributed by atoms with van der Waals surface area (Å²) in [5, 5.41) is 10.1. The molecule has 0 bridgehead atoms. The SMILES string of the molecule is Cc1cccc(CC(O)c2scnc2C)c1. The van der Waals surface area contributed by atoms with Crippen LogP contribution in [0.5, 0.6) is 0 Å². The van der Waals surface area contributed by atoms with Gasteiger partial charge < -0.3 is 5.11 Å². The van der Waals surface area contributed by atoms with Gasteiger partial charge in [-0.05, 0) is 19.4 Å². The van der Waals surface area contributed by atoms with Gasteiger partial charge in [-0.15, -0.1) is 11.3 Å². The van der Waals surface area contributed by atoms with Crippen LogP contribution in [0, 0.1) is 13.8 Å². The Hall–Kier alpha value is -1.19. The highest BCUT2D eigenvalue weighted by Gasteiger charge is 2.13. The molecule has 0 aliphatic carbocycles. The first-order valence-electron chi connectivity index (χ1n) is 5.30. The third-order valence-electron chi connectivity index (χ3n) is 2.60. The van der Waals surface area contributed by atoms with Crippen LogP contribution in [0.2, 0.25) is 0 Å². The molecule has 0 radical (unpaired) electrons. The zero-order valence-corrected chi connectivity index (χ0v) is 10.3. The van der Waals surface area contributed by atoms with Crippen molar-refractivity contribution in [1.29, 1.82) is 0 Å². The van der Waals surface area contributed by atoms with Gasteiger partial charge in [0, 0.05) is 6.42 Å². The fourth-order valence-electron chi connectivity index (χ4n) is 1.79. The summed E-state index contributed by atoms with van der Waals surface area (Å²) in [6.07, 6.45) is 0.222. The molecule has 0 saturated carbocycles. The van der Waals surface area contributed by atoms with E-state index in [2.05, 4.69) is 24.0 Å². The van der Waals surface area contributed by atoms with Crippen molar-refractivity contribution < 1.29 is 5.11 Å². The summed E-state index contributed by atoms with van der Waals surface area (Å²) in [6, 6.07) is 8.25. The Kier molecular flexibility index (Phi) is 3.36. The van der Waals surface area contributed by atoms with E-state index < -0.39 is 6.10 Å². The molecule has 1 aromatic carbocycles. The lowest BCUT2D eigenvalue weighted by atomic mass is 10.0. The van der Waals surface area contributed by atoms with E-state index in [-0.39, 0.29) is 0 Å². The van der Waals surface area contributed by atoms with Crippen LogP contribution < -0.4 is 0 Å². The highest BCUT2D eigenvalue weighted by molar-refractivity contribution is 7.09. The van der Waals surface area contributed by atoms with Crippen molar-refractivity contribution in [3.63, 3.8) is 0 Å². The molecule has 16 heavy (non-hydrogen) atoms. The van der Waals surface area contributed by atoms with Crippen LogP contribution in [0.3, 0.4) is 0 Å². The lowest BCUT2D eigenvalue weighted by Crippen LogP contribution is -2.01. The molecule has 2 nitrogen and oxygen atoms in total. The summed E-state index contributed by atoms with van der Waals surface area (Å²) in [6.45, 7) is 4.00. The third kappa shape index (κ3) is 2.49. The molecular formula is C13H15NOS. The number of aryl methyl sites for hydroxylation is 2. The molecule has 2 rings (SSSR count). The van der Waals surface area contributed by atoms with Crippen LogP contribution >= 0.6 is 11.3 Å². The maximum Gasteiger partial charge on any atom is 0.0940 e. The Bertz CT molecular complexity index is 478. The Balaban J connectivity index is 2.14. The number of benzene rings is 1. The minimum Gasteiger partial charge on any atom is -0.387 e. The van der Waals surface area contributed by atoms with Gasteiger partial charge in [-0.2, -0.15) is 0 Å². The summed E-state index contributed by atoms with van der Waals surface area (Å²) < 4.78 is 0. The molecule has 0 aliphatic heterocycles. The number of nitrogens with zero attached hydrogens (tertiary/aromatic N) is 1. The van der Waals surface area contributed by atoms with Gasteiger partial charge in [-0.3, -0.25) is 0 Å². The van der Waals surface area contributed by atoms with E-state index in [0.29, 0.717) is 6.42 Å². The van der Waals surface area contributed by atoms with Crippen molar-refractivity contribution in [1.82, 2.24) is 4.98 Å². The Morgan fingerprint density at radius 1 is 1.38 bits per heavy atom. The molecule has 1 heterocycles. The Morgan fingerprint density at radius 3 is 2.81 bits per heavy atom. The van der Waals surface area contributed by atoms with Crippen LogP contribution in [-0.2, 0) is 6.42 Å². The lowest BCUT2D eigenvalue weighted by Gasteiger charge is -2.09. The second-order valence-corrected chi connectivity index (χ2v) is 4.90. The summed E-state index contributed by atoms with van der Waals surface area (Å²) >= 11 is 1.52. The molecule has 1 N–H and O–H groups in total. The Labute approximate surface area is 99.6 Å². The van der Waals surface area contributed by atoms with Crippen molar-refractivity contribution in [2.24, 2.45) is 0 Å². The van der Waals surface area contributed by atoms with E-state index in [1.807, 2.05) is 19.1 Å². The van der Waals surface area contributed by atoms with Crippen LogP contribution in [0.15, 0.2) is 29.8 Å². The summed E-state index contributed by atoms with van der Waals surface area (Å²) in [7, 11) is 0. The number of hydrogen-bond acceptors (Lipinski definition) is 3. The van der Waals surface area contributed by atoms with Crippen LogP contribution in [0.1, 0.15) is 27.8 Å². The van der Waals surface area contributed by atoms with E-state index >= 15 is 0 Å². The van der Waals surface area contributed by atoms with Crippen molar-refractivity contribution in [2.45, 2.75) is 26.4 Å². The molecule has 84 valence electrons. The van der Waals surface area contributed by atoms with E-state index in [1.165, 1.54) is 22.5 Å². The summed E-state index contributed by atoms with van der Waals surface area (Å²) in [5.41, 5.74) is 5.11. The number of hydrogen-bond donors (Lipinski definition) is 1. The molecule has 0 spiro atoms. The predicted molar refractivity (Wildman–Crippen MR) is 66.7 cm³/mol. The number of rotatable bonds is 3. The number of aliphatic hydroxyl groups excluding tert-OH is 1. The van der Waals surface area contributed by atoms with Crippen LogP contribution in [-0.4, -0.2) is 10.1 Å². The monoisotopic (exact) mass is 233 g/mol. The van der Waals surface area contributed by atoms with Crippen molar-refractivity contribution >= 4 is 11.3 Å². The van der Waals surface area contributed by atoms with Crippen LogP contribution in [0.25, 0.3) is 0 Å². The molecular weight excluding hydrogens is 218 g/mol.